The van der Waals surface area contributed by atoms with Crippen molar-refractivity contribution in [3.05, 3.63) is 151 Å². The fourth-order valence-corrected chi connectivity index (χ4v) is 12.9. The molecule has 0 saturated heterocycles. The Bertz CT molecular complexity index is 3720. The molecule has 1 aliphatic heterocycles. The van der Waals surface area contributed by atoms with Crippen LogP contribution in [-0.4, -0.2) is 11.8 Å². The second-order valence-corrected chi connectivity index (χ2v) is 20.1. The Kier molecular flexibility index (Phi) is 6.75. The lowest BCUT2D eigenvalue weighted by Crippen LogP contribution is -2.37. The predicted molar refractivity (Wildman–Crippen MR) is 258 cm³/mol. The van der Waals surface area contributed by atoms with E-state index >= 15 is 0 Å². The number of nitrogens with zero attached hydrogens (tertiary/aromatic N) is 1. The van der Waals surface area contributed by atoms with E-state index < -0.39 is 0 Å². The van der Waals surface area contributed by atoms with Gasteiger partial charge >= 0.3 is 0 Å². The lowest BCUT2D eigenvalue weighted by Gasteiger charge is -2.24. The zero-order chi connectivity index (χ0) is 38.4. The van der Waals surface area contributed by atoms with Gasteiger partial charge in [0.05, 0.1) is 5.52 Å². The van der Waals surface area contributed by atoms with Gasteiger partial charge in [-0.05, 0) is 88.1 Å². The van der Waals surface area contributed by atoms with Gasteiger partial charge in [0, 0.05) is 94.0 Å². The molecule has 2 nitrogen and oxygen atoms in total. The molecule has 0 aliphatic carbocycles. The number of anilines is 2. The number of nitrogens with one attached hydrogen (secondary N) is 1. The third kappa shape index (κ3) is 4.71. The van der Waals surface area contributed by atoms with Gasteiger partial charge in [0.1, 0.15) is 0 Å². The summed E-state index contributed by atoms with van der Waals surface area (Å²) in [6.07, 6.45) is 0. The molecule has 0 unspecified atom stereocenters. The normalized spacial score (nSPS) is 12.9. The van der Waals surface area contributed by atoms with Crippen molar-refractivity contribution < 1.29 is 0 Å². The van der Waals surface area contributed by atoms with E-state index in [1.54, 1.807) is 0 Å². The van der Waals surface area contributed by atoms with Crippen LogP contribution < -0.4 is 16.2 Å². The summed E-state index contributed by atoms with van der Waals surface area (Å²) in [5.41, 5.74) is 12.4. The van der Waals surface area contributed by atoms with E-state index in [-0.39, 0.29) is 5.41 Å². The molecule has 0 bridgehead atoms. The van der Waals surface area contributed by atoms with Crippen LogP contribution in [0.3, 0.4) is 0 Å². The third-order valence-corrected chi connectivity index (χ3v) is 15.8. The fourth-order valence-electron chi connectivity index (χ4n) is 9.53. The highest BCUT2D eigenvalue weighted by Crippen LogP contribution is 2.45. The van der Waals surface area contributed by atoms with Crippen molar-refractivity contribution in [2.75, 3.05) is 5.32 Å². The molecule has 0 spiro atoms. The smallest absolute Gasteiger partial charge is 0.197 e. The lowest BCUT2D eigenvalue weighted by atomic mass is 9.59. The van der Waals surface area contributed by atoms with Gasteiger partial charge in [0.25, 0.3) is 0 Å². The van der Waals surface area contributed by atoms with Gasteiger partial charge in [-0.2, -0.15) is 0 Å². The topological polar surface area (TPSA) is 17.0 Å². The predicted octanol–water partition coefficient (Wildman–Crippen LogP) is 14.6. The van der Waals surface area contributed by atoms with Crippen LogP contribution in [0.15, 0.2) is 146 Å². The summed E-state index contributed by atoms with van der Waals surface area (Å²) in [5, 5.41) is 14.4. The minimum atomic E-state index is 0.0887. The quantitative estimate of drug-likeness (QED) is 0.176. The SMILES string of the molecule is CC(C)(C)c1ccc(Nc2cc3sc4ccccc4c3cc2-c2ccc3c4cc5sc6ccccc6c5cc4n4c3c2[B]c2cc3c(cc2-4)sc2ccccc23)cc1. The van der Waals surface area contributed by atoms with E-state index in [0.717, 1.165) is 11.4 Å². The summed E-state index contributed by atoms with van der Waals surface area (Å²) in [6, 6.07) is 55.0. The first-order valence-electron chi connectivity index (χ1n) is 19.9. The van der Waals surface area contributed by atoms with Crippen molar-refractivity contribution in [1.29, 1.82) is 0 Å². The number of rotatable bonds is 3. The van der Waals surface area contributed by atoms with E-state index in [1.165, 1.54) is 116 Å². The highest BCUT2D eigenvalue weighted by atomic mass is 32.1. The van der Waals surface area contributed by atoms with E-state index in [1.807, 2.05) is 34.0 Å². The molecule has 58 heavy (non-hydrogen) atoms. The van der Waals surface area contributed by atoms with Crippen LogP contribution in [0.25, 0.3) is 99.1 Å². The summed E-state index contributed by atoms with van der Waals surface area (Å²) >= 11 is 5.66. The maximum atomic E-state index is 3.93. The Morgan fingerprint density at radius 1 is 0.483 bits per heavy atom. The van der Waals surface area contributed by atoms with E-state index in [9.17, 15) is 0 Å². The minimum Gasteiger partial charge on any atom is -0.355 e. The van der Waals surface area contributed by atoms with Crippen LogP contribution >= 0.6 is 34.0 Å². The Balaban J connectivity index is 1.12. The summed E-state index contributed by atoms with van der Waals surface area (Å²) in [5.74, 6) is 0. The zero-order valence-corrected chi connectivity index (χ0v) is 34.6. The second kappa shape index (κ2) is 11.8. The number of hydrogen-bond donors (Lipinski definition) is 1. The standard InChI is InChI=1S/C52H34BN2S3/c1-52(2,3)28-16-18-29(19-17-28)54-41-26-48-37(30-10-4-7-13-44(30)57-48)22-35(41)33-20-21-34-36-25-47-39(32-12-6-9-15-46(32)56-47)24-42(36)55-43-27-49-38(23-40(43)53-50(33)51(34)55)31-11-5-8-14-45(31)58-49/h4-27,54H,1-3H3. The molecule has 4 aromatic heterocycles. The maximum absolute atomic E-state index is 3.93. The summed E-state index contributed by atoms with van der Waals surface area (Å²) in [6.45, 7) is 6.82. The molecular formula is C52H34BN2S3. The number of aromatic nitrogens is 1. The molecule has 1 N–H and O–H groups in total. The molecule has 273 valence electrons. The van der Waals surface area contributed by atoms with Gasteiger partial charge in [-0.3, -0.25) is 0 Å². The van der Waals surface area contributed by atoms with Crippen molar-refractivity contribution in [1.82, 2.24) is 4.57 Å². The first-order chi connectivity index (χ1) is 28.3. The molecule has 5 heterocycles. The number of hydrogen-bond acceptors (Lipinski definition) is 4. The molecule has 0 atom stereocenters. The third-order valence-electron chi connectivity index (χ3n) is 12.4. The summed E-state index contributed by atoms with van der Waals surface area (Å²) in [4.78, 5) is 0. The number of thiophene rings is 3. The molecule has 0 fully saturated rings. The molecule has 0 saturated carbocycles. The first kappa shape index (κ1) is 33.1. The van der Waals surface area contributed by atoms with Crippen molar-refractivity contribution in [2.45, 2.75) is 26.2 Å². The molecule has 8 aromatic carbocycles. The van der Waals surface area contributed by atoms with E-state index in [4.69, 9.17) is 0 Å². The van der Waals surface area contributed by atoms with Gasteiger partial charge < -0.3 is 9.88 Å². The van der Waals surface area contributed by atoms with Crippen molar-refractivity contribution in [3.8, 4) is 16.8 Å². The molecule has 6 heteroatoms. The molecule has 1 aliphatic rings. The maximum Gasteiger partial charge on any atom is 0.197 e. The Morgan fingerprint density at radius 2 is 1.07 bits per heavy atom. The van der Waals surface area contributed by atoms with Gasteiger partial charge in [0.2, 0.25) is 0 Å². The Morgan fingerprint density at radius 3 is 1.72 bits per heavy atom. The minimum absolute atomic E-state index is 0.0887. The van der Waals surface area contributed by atoms with Gasteiger partial charge in [0.15, 0.2) is 7.28 Å². The summed E-state index contributed by atoms with van der Waals surface area (Å²) in [7, 11) is 2.48. The van der Waals surface area contributed by atoms with Crippen LogP contribution in [0, 0.1) is 0 Å². The van der Waals surface area contributed by atoms with Crippen molar-refractivity contribution in [3.63, 3.8) is 0 Å². The largest absolute Gasteiger partial charge is 0.355 e. The van der Waals surface area contributed by atoms with Gasteiger partial charge in [-0.25, -0.2) is 0 Å². The van der Waals surface area contributed by atoms with E-state index in [2.05, 4.69) is 184 Å². The van der Waals surface area contributed by atoms with E-state index in [0.29, 0.717) is 0 Å². The molecule has 12 aromatic rings. The Hall–Kier alpha value is -5.92. The molecule has 0 amide bonds. The molecule has 13 rings (SSSR count). The highest BCUT2D eigenvalue weighted by Gasteiger charge is 2.28. The van der Waals surface area contributed by atoms with Crippen LogP contribution in [0.4, 0.5) is 11.4 Å². The first-order valence-corrected chi connectivity index (χ1v) is 22.4. The van der Waals surface area contributed by atoms with Crippen LogP contribution in [0.1, 0.15) is 26.3 Å². The van der Waals surface area contributed by atoms with Crippen molar-refractivity contribution >= 4 is 146 Å². The Labute approximate surface area is 347 Å². The van der Waals surface area contributed by atoms with Gasteiger partial charge in [-0.1, -0.05) is 111 Å². The van der Waals surface area contributed by atoms with Crippen LogP contribution in [0.2, 0.25) is 0 Å². The van der Waals surface area contributed by atoms with Crippen LogP contribution in [0.5, 0.6) is 0 Å². The van der Waals surface area contributed by atoms with Gasteiger partial charge in [-0.15, -0.1) is 34.0 Å². The number of benzene rings is 8. The molecule has 1 radical (unpaired) electrons. The molecular weight excluding hydrogens is 760 g/mol. The monoisotopic (exact) mass is 793 g/mol. The average molecular weight is 794 g/mol. The number of fused-ring (bicyclic) bond motifs is 14. The van der Waals surface area contributed by atoms with Crippen molar-refractivity contribution in [2.24, 2.45) is 0 Å². The lowest BCUT2D eigenvalue weighted by molar-refractivity contribution is 0.590. The second-order valence-electron chi connectivity index (χ2n) is 16.8. The average Bonchev–Trinajstić information content (AvgIpc) is 3.98. The fraction of sp³-hybridized carbons (Fsp3) is 0.0769. The highest BCUT2D eigenvalue weighted by molar-refractivity contribution is 7.26. The zero-order valence-electron chi connectivity index (χ0n) is 32.1. The van der Waals surface area contributed by atoms with Crippen LogP contribution in [-0.2, 0) is 5.41 Å². The summed E-state index contributed by atoms with van der Waals surface area (Å²) < 4.78 is 10.5.